The fourth-order valence-corrected chi connectivity index (χ4v) is 10.0. The molecule has 0 unspecified atom stereocenters. The first-order valence-corrected chi connectivity index (χ1v) is 21.6. The van der Waals surface area contributed by atoms with Crippen molar-refractivity contribution >= 4 is 55.9 Å². The maximum absolute atomic E-state index is 9.85. The maximum atomic E-state index is 9.85. The van der Waals surface area contributed by atoms with Gasteiger partial charge in [0.15, 0.2) is 0 Å². The van der Waals surface area contributed by atoms with E-state index >= 15 is 0 Å². The summed E-state index contributed by atoms with van der Waals surface area (Å²) in [5, 5.41) is 2.03. The van der Waals surface area contributed by atoms with Crippen LogP contribution in [-0.4, -0.2) is 4.57 Å². The molecule has 64 heavy (non-hydrogen) atoms. The summed E-state index contributed by atoms with van der Waals surface area (Å²) in [4.78, 5) is 4.47. The van der Waals surface area contributed by atoms with Crippen LogP contribution >= 0.6 is 0 Å². The van der Waals surface area contributed by atoms with Gasteiger partial charge in [-0.3, -0.25) is 0 Å². The lowest BCUT2D eigenvalue weighted by atomic mass is 9.67. The highest BCUT2D eigenvalue weighted by molar-refractivity contribution is 6.10. The predicted molar refractivity (Wildman–Crippen MR) is 267 cm³/mol. The Bertz CT molecular complexity index is 3490. The van der Waals surface area contributed by atoms with Crippen molar-refractivity contribution in [2.24, 2.45) is 0 Å². The van der Waals surface area contributed by atoms with Gasteiger partial charge >= 0.3 is 0 Å². The van der Waals surface area contributed by atoms with Gasteiger partial charge < -0.3 is 14.4 Å². The molecule has 0 saturated carbocycles. The topological polar surface area (TPSA) is 11.4 Å². The quantitative estimate of drug-likeness (QED) is 0.144. The van der Waals surface area contributed by atoms with E-state index in [-0.39, 0.29) is 29.7 Å². The fraction of sp³-hybridized carbons (Fsp3) is 0.0164. The van der Waals surface area contributed by atoms with Crippen molar-refractivity contribution in [1.29, 1.82) is 0 Å². The van der Waals surface area contributed by atoms with Gasteiger partial charge in [-0.15, -0.1) is 0 Å². The molecule has 0 aliphatic heterocycles. The normalized spacial score (nSPS) is 13.6. The second kappa shape index (κ2) is 15.5. The smallest absolute Gasteiger partial charge is 0.0713 e. The average Bonchev–Trinajstić information content (AvgIpc) is 3.89. The van der Waals surface area contributed by atoms with Crippen LogP contribution in [0, 0.1) is 0 Å². The van der Waals surface area contributed by atoms with E-state index in [0.29, 0.717) is 0 Å². The van der Waals surface area contributed by atoms with Gasteiger partial charge in [0.2, 0.25) is 0 Å². The summed E-state index contributed by atoms with van der Waals surface area (Å²) in [6, 6.07) is 77.5. The summed E-state index contributed by atoms with van der Waals surface area (Å²) >= 11 is 0. The highest BCUT2D eigenvalue weighted by Gasteiger charge is 2.47. The molecule has 1 heterocycles. The van der Waals surface area contributed by atoms with E-state index in [0.717, 1.165) is 89.4 Å². The molecule has 0 saturated heterocycles. The van der Waals surface area contributed by atoms with Gasteiger partial charge in [0.05, 0.1) is 23.3 Å². The monoisotopic (exact) mass is 822 g/mol. The molecule has 3 heteroatoms. The van der Waals surface area contributed by atoms with Gasteiger partial charge in [-0.25, -0.2) is 0 Å². The standard InChI is InChI=1S/C61H43N3/c1-7-21-44(22-8-1)61(45-35-40-60-56(41-45)53-33-19-20-34-59(53)64(60)50-31-17-6-18-32-50)57-38-36-51(62(46-23-9-2-10-24-46)47-25-11-3-12-26-47)42-54(57)55-43-52(37-39-58(55)61)63(48-27-13-4-14-28-48)49-29-15-5-16-30-49/h1-43H/i1D,7D,8D,21D,22D. The van der Waals surface area contributed by atoms with Gasteiger partial charge in [-0.1, -0.05) is 158 Å². The first-order valence-electron chi connectivity index (χ1n) is 24.1. The number of hydrogen-bond acceptors (Lipinski definition) is 2. The number of fused-ring (bicyclic) bond motifs is 6. The number of hydrogen-bond donors (Lipinski definition) is 0. The largest absolute Gasteiger partial charge is 0.310 e. The van der Waals surface area contributed by atoms with Crippen LogP contribution in [0.25, 0.3) is 38.6 Å². The van der Waals surface area contributed by atoms with Crippen molar-refractivity contribution < 1.29 is 6.85 Å². The van der Waals surface area contributed by atoms with Crippen molar-refractivity contribution in [3.63, 3.8) is 0 Å². The van der Waals surface area contributed by atoms with Crippen molar-refractivity contribution in [2.75, 3.05) is 9.80 Å². The molecule has 11 aromatic rings. The maximum Gasteiger partial charge on any atom is 0.0713 e. The Hall–Kier alpha value is -8.40. The Balaban J connectivity index is 1.21. The Morgan fingerprint density at radius 1 is 0.344 bits per heavy atom. The van der Waals surface area contributed by atoms with Crippen molar-refractivity contribution in [3.05, 3.63) is 283 Å². The molecule has 0 radical (unpaired) electrons. The molecule has 302 valence electrons. The molecular weight excluding hydrogens is 775 g/mol. The predicted octanol–water partition coefficient (Wildman–Crippen LogP) is 16.1. The second-order valence-corrected chi connectivity index (χ2v) is 16.1. The third-order valence-electron chi connectivity index (χ3n) is 12.7. The zero-order chi connectivity index (χ0) is 46.8. The minimum atomic E-state index is -1.38. The lowest BCUT2D eigenvalue weighted by Crippen LogP contribution is -2.28. The summed E-state index contributed by atoms with van der Waals surface area (Å²) in [6.45, 7) is 0. The number of rotatable bonds is 9. The molecule has 1 aromatic heterocycles. The first-order chi connectivity index (χ1) is 33.8. The molecule has 0 N–H and O–H groups in total. The minimum Gasteiger partial charge on any atom is -0.310 e. The summed E-state index contributed by atoms with van der Waals surface area (Å²) < 4.78 is 49.2. The number of nitrogens with zero attached hydrogens (tertiary/aromatic N) is 3. The molecule has 3 nitrogen and oxygen atoms in total. The Morgan fingerprint density at radius 2 is 0.781 bits per heavy atom. The van der Waals surface area contributed by atoms with Crippen LogP contribution in [0.15, 0.2) is 261 Å². The van der Waals surface area contributed by atoms with Crippen LogP contribution in [0.5, 0.6) is 0 Å². The van der Waals surface area contributed by atoms with Crippen molar-refractivity contribution in [1.82, 2.24) is 4.57 Å². The van der Waals surface area contributed by atoms with Crippen molar-refractivity contribution in [2.45, 2.75) is 5.41 Å². The lowest BCUT2D eigenvalue weighted by Gasteiger charge is -2.34. The molecule has 1 aliphatic carbocycles. The van der Waals surface area contributed by atoms with E-state index in [9.17, 15) is 5.48 Å². The van der Waals surface area contributed by atoms with Crippen LogP contribution < -0.4 is 9.80 Å². The van der Waals surface area contributed by atoms with Gasteiger partial charge in [0.25, 0.3) is 0 Å². The molecular formula is C61H43N3. The average molecular weight is 823 g/mol. The van der Waals surface area contributed by atoms with Gasteiger partial charge in [-0.05, 0) is 137 Å². The van der Waals surface area contributed by atoms with E-state index in [1.54, 1.807) is 0 Å². The number of aromatic nitrogens is 1. The first kappa shape index (κ1) is 32.3. The Morgan fingerprint density at radius 3 is 1.28 bits per heavy atom. The molecule has 0 spiro atoms. The van der Waals surface area contributed by atoms with E-state index in [4.69, 9.17) is 1.37 Å². The number of benzene rings is 10. The zero-order valence-corrected chi connectivity index (χ0v) is 34.8. The molecule has 12 rings (SSSR count). The summed E-state index contributed by atoms with van der Waals surface area (Å²) in [5.41, 5.74) is 11.8. The number of para-hydroxylation sites is 6. The highest BCUT2D eigenvalue weighted by atomic mass is 15.1. The van der Waals surface area contributed by atoms with Crippen LogP contribution in [0.2, 0.25) is 0 Å². The van der Waals surface area contributed by atoms with Crippen LogP contribution in [0.3, 0.4) is 0 Å². The minimum absolute atomic E-state index is 0.200. The van der Waals surface area contributed by atoms with Crippen LogP contribution in [-0.2, 0) is 5.41 Å². The Kier molecular flexibility index (Phi) is 7.83. The third-order valence-corrected chi connectivity index (χ3v) is 12.7. The summed E-state index contributed by atoms with van der Waals surface area (Å²) in [5.74, 6) is 0. The summed E-state index contributed by atoms with van der Waals surface area (Å²) in [6.07, 6.45) is 0. The molecule has 0 bridgehead atoms. The Labute approximate surface area is 381 Å². The molecule has 0 fully saturated rings. The highest BCUT2D eigenvalue weighted by Crippen LogP contribution is 2.59. The molecule has 10 aromatic carbocycles. The van der Waals surface area contributed by atoms with E-state index < -0.39 is 11.5 Å². The molecule has 0 atom stereocenters. The van der Waals surface area contributed by atoms with E-state index in [1.807, 2.05) is 91.0 Å². The summed E-state index contributed by atoms with van der Waals surface area (Å²) in [7, 11) is 0. The van der Waals surface area contributed by atoms with E-state index in [2.05, 4.69) is 154 Å². The fourth-order valence-electron chi connectivity index (χ4n) is 10.0. The zero-order valence-electron chi connectivity index (χ0n) is 39.8. The van der Waals surface area contributed by atoms with Gasteiger partial charge in [0, 0.05) is 50.6 Å². The lowest BCUT2D eigenvalue weighted by molar-refractivity contribution is 0.770. The van der Waals surface area contributed by atoms with E-state index in [1.165, 1.54) is 0 Å². The van der Waals surface area contributed by atoms with Crippen LogP contribution in [0.1, 0.15) is 29.1 Å². The molecule has 0 amide bonds. The van der Waals surface area contributed by atoms with Gasteiger partial charge in [-0.2, -0.15) is 0 Å². The van der Waals surface area contributed by atoms with Gasteiger partial charge in [0.1, 0.15) is 0 Å². The van der Waals surface area contributed by atoms with Crippen LogP contribution in [0.4, 0.5) is 34.1 Å². The third kappa shape index (κ3) is 5.97. The second-order valence-electron chi connectivity index (χ2n) is 16.1. The SMILES string of the molecule is [2H]c1c([2H])c([2H])c(C2(c3ccc4c(c3)c3ccccc3n4-c3ccccc3)c3ccc(N(c4ccccc4)c4ccccc4)cc3-c3cc(N(c4ccccc4)c4ccccc4)ccc32)c([2H])c1[2H]. The number of anilines is 6. The molecule has 1 aliphatic rings. The van der Waals surface area contributed by atoms with Crippen molar-refractivity contribution in [3.8, 4) is 16.8 Å².